The molecule has 0 bridgehead atoms. The van der Waals surface area contributed by atoms with E-state index in [1.54, 1.807) is 25.4 Å². The third-order valence-electron chi connectivity index (χ3n) is 6.93. The minimum Gasteiger partial charge on any atom is -0.496 e. The number of halogens is 2. The van der Waals surface area contributed by atoms with Gasteiger partial charge in [0, 0.05) is 40.1 Å². The van der Waals surface area contributed by atoms with Crippen LogP contribution in [0.15, 0.2) is 54.7 Å². The van der Waals surface area contributed by atoms with Crippen molar-refractivity contribution >= 4 is 38.9 Å². The van der Waals surface area contributed by atoms with Crippen LogP contribution in [0.25, 0.3) is 21.2 Å². The topological polar surface area (TPSA) is 42.4 Å². The van der Waals surface area contributed by atoms with Crippen molar-refractivity contribution in [3.05, 3.63) is 81.7 Å². The molecule has 0 aliphatic heterocycles. The van der Waals surface area contributed by atoms with Gasteiger partial charge in [-0.05, 0) is 67.3 Å². The molecular weight excluding hydrogens is 495 g/mol. The number of aromatic nitrogens is 1. The van der Waals surface area contributed by atoms with E-state index in [-0.39, 0.29) is 17.0 Å². The van der Waals surface area contributed by atoms with E-state index in [4.69, 9.17) is 16.3 Å². The Morgan fingerprint density at radius 1 is 1.14 bits per heavy atom. The lowest BCUT2D eigenvalue weighted by molar-refractivity contribution is 0.0618. The third-order valence-corrected chi connectivity index (χ3v) is 8.56. The summed E-state index contributed by atoms with van der Waals surface area (Å²) in [6, 6.07) is 15.0. The zero-order valence-electron chi connectivity index (χ0n) is 20.4. The maximum absolute atomic E-state index is 14.5. The number of thiophene rings is 1. The van der Waals surface area contributed by atoms with Crippen molar-refractivity contribution in [1.29, 1.82) is 0 Å². The van der Waals surface area contributed by atoms with Crippen molar-refractivity contribution in [3.8, 4) is 16.9 Å². The van der Waals surface area contributed by atoms with Crippen LogP contribution in [0, 0.1) is 12.7 Å². The molecule has 1 aliphatic rings. The highest BCUT2D eigenvalue weighted by Crippen LogP contribution is 2.39. The fourth-order valence-electron chi connectivity index (χ4n) is 5.09. The molecule has 4 aromatic rings. The van der Waals surface area contributed by atoms with Crippen LogP contribution in [0.4, 0.5) is 4.39 Å². The van der Waals surface area contributed by atoms with Crippen molar-refractivity contribution in [3.63, 3.8) is 0 Å². The number of amides is 1. The van der Waals surface area contributed by atoms with Gasteiger partial charge in [-0.2, -0.15) is 0 Å². The number of hydrogen-bond donors (Lipinski definition) is 0. The summed E-state index contributed by atoms with van der Waals surface area (Å²) in [7, 11) is 1.65. The highest BCUT2D eigenvalue weighted by Gasteiger charge is 2.31. The molecule has 7 heteroatoms. The van der Waals surface area contributed by atoms with E-state index in [1.807, 2.05) is 36.1 Å². The van der Waals surface area contributed by atoms with Crippen molar-refractivity contribution in [2.24, 2.45) is 0 Å². The molecule has 0 radical (unpaired) electrons. The number of hydrogen-bond acceptors (Lipinski definition) is 4. The van der Waals surface area contributed by atoms with E-state index in [0.29, 0.717) is 21.5 Å². The average Bonchev–Trinajstić information content (AvgIpc) is 3.24. The quantitative estimate of drug-likeness (QED) is 0.257. The Hall–Kier alpha value is -2.96. The lowest BCUT2D eigenvalue weighted by atomic mass is 9.93. The number of carbonyl (C=O) groups is 1. The molecule has 0 atom stereocenters. The Morgan fingerprint density at radius 2 is 1.92 bits per heavy atom. The molecule has 2 aromatic carbocycles. The first-order valence-corrected chi connectivity index (χ1v) is 13.4. The van der Waals surface area contributed by atoms with Crippen LogP contribution in [-0.4, -0.2) is 28.9 Å². The Balaban J connectivity index is 1.55. The van der Waals surface area contributed by atoms with E-state index in [1.165, 1.54) is 23.8 Å². The molecule has 5 rings (SSSR count). The lowest BCUT2D eigenvalue weighted by Crippen LogP contribution is -2.40. The number of pyridine rings is 1. The van der Waals surface area contributed by atoms with E-state index >= 15 is 0 Å². The van der Waals surface area contributed by atoms with Gasteiger partial charge in [-0.25, -0.2) is 4.39 Å². The van der Waals surface area contributed by atoms with Crippen molar-refractivity contribution in [2.75, 3.05) is 7.11 Å². The molecule has 0 N–H and O–H groups in total. The van der Waals surface area contributed by atoms with E-state index in [0.717, 1.165) is 53.8 Å². The van der Waals surface area contributed by atoms with Crippen LogP contribution < -0.4 is 4.74 Å². The normalized spacial score (nSPS) is 14.2. The number of fused-ring (bicyclic) bond motifs is 1. The van der Waals surface area contributed by atoms with E-state index in [2.05, 4.69) is 11.1 Å². The number of aryl methyl sites for hydroxylation is 1. The van der Waals surface area contributed by atoms with Gasteiger partial charge in [0.2, 0.25) is 0 Å². The van der Waals surface area contributed by atoms with Crippen LogP contribution in [0.5, 0.6) is 5.75 Å². The first-order valence-electron chi connectivity index (χ1n) is 12.2. The van der Waals surface area contributed by atoms with Gasteiger partial charge in [0.05, 0.1) is 12.1 Å². The Bertz CT molecular complexity index is 1410. The summed E-state index contributed by atoms with van der Waals surface area (Å²) in [5, 5.41) is 0.524. The van der Waals surface area contributed by atoms with Gasteiger partial charge < -0.3 is 9.64 Å². The Labute approximate surface area is 219 Å². The van der Waals surface area contributed by atoms with Gasteiger partial charge in [0.1, 0.15) is 16.4 Å². The predicted molar refractivity (Wildman–Crippen MR) is 145 cm³/mol. The minimum atomic E-state index is -0.404. The highest BCUT2D eigenvalue weighted by atomic mass is 35.5. The highest BCUT2D eigenvalue weighted by molar-refractivity contribution is 7.21. The SMILES string of the molecule is COc1ccc(-c2ccnc(C)c2)cc1CN(C(=O)c1sc2cccc(F)c2c1Cl)C1CCCCC1. The number of rotatable bonds is 6. The van der Waals surface area contributed by atoms with Gasteiger partial charge in [-0.3, -0.25) is 9.78 Å². The van der Waals surface area contributed by atoms with Crippen molar-refractivity contribution < 1.29 is 13.9 Å². The summed E-state index contributed by atoms with van der Waals surface area (Å²) in [6.07, 6.45) is 7.01. The van der Waals surface area contributed by atoms with Crippen LogP contribution in [0.1, 0.15) is 53.0 Å². The van der Waals surface area contributed by atoms with Crippen LogP contribution in [0.3, 0.4) is 0 Å². The molecule has 0 unspecified atom stereocenters. The molecule has 1 amide bonds. The second kappa shape index (κ2) is 10.6. The molecule has 1 aliphatic carbocycles. The number of benzene rings is 2. The van der Waals surface area contributed by atoms with Crippen molar-refractivity contribution in [1.82, 2.24) is 9.88 Å². The van der Waals surface area contributed by atoms with Crippen molar-refractivity contribution in [2.45, 2.75) is 51.6 Å². The van der Waals surface area contributed by atoms with Gasteiger partial charge in [0.15, 0.2) is 0 Å². The van der Waals surface area contributed by atoms with E-state index in [9.17, 15) is 9.18 Å². The summed E-state index contributed by atoms with van der Waals surface area (Å²) in [4.78, 5) is 20.6. The summed E-state index contributed by atoms with van der Waals surface area (Å²) in [5.74, 6) is 0.172. The second-order valence-electron chi connectivity index (χ2n) is 9.30. The molecule has 2 heterocycles. The summed E-state index contributed by atoms with van der Waals surface area (Å²) in [5.41, 5.74) is 3.96. The molecule has 4 nitrogen and oxygen atoms in total. The molecule has 186 valence electrons. The molecule has 1 fully saturated rings. The number of carbonyl (C=O) groups excluding carboxylic acids is 1. The fraction of sp³-hybridized carbons (Fsp3) is 0.310. The Morgan fingerprint density at radius 3 is 2.64 bits per heavy atom. The maximum atomic E-state index is 14.5. The van der Waals surface area contributed by atoms with Gasteiger partial charge >= 0.3 is 0 Å². The number of ether oxygens (including phenoxy) is 1. The standard InChI is InChI=1S/C29H28ClFN2O2S/c1-18-15-20(13-14-32-18)19-11-12-24(35-2)21(16-19)17-33(22-7-4-3-5-8-22)29(34)28-27(30)26-23(31)9-6-10-25(26)36-28/h6,9-16,22H,3-5,7-8,17H2,1-2H3. The third kappa shape index (κ3) is 4.84. The summed E-state index contributed by atoms with van der Waals surface area (Å²) < 4.78 is 20.9. The fourth-order valence-corrected chi connectivity index (χ4v) is 6.60. The van der Waals surface area contributed by atoms with Gasteiger partial charge in [-0.1, -0.05) is 43.0 Å². The number of methoxy groups -OCH3 is 1. The zero-order valence-corrected chi connectivity index (χ0v) is 22.0. The molecule has 36 heavy (non-hydrogen) atoms. The average molecular weight is 523 g/mol. The first kappa shape index (κ1) is 24.7. The molecule has 1 saturated carbocycles. The zero-order chi connectivity index (χ0) is 25.2. The summed E-state index contributed by atoms with van der Waals surface area (Å²) >= 11 is 7.87. The number of nitrogens with zero attached hydrogens (tertiary/aromatic N) is 2. The largest absolute Gasteiger partial charge is 0.496 e. The van der Waals surface area contributed by atoms with E-state index < -0.39 is 5.82 Å². The lowest BCUT2D eigenvalue weighted by Gasteiger charge is -2.34. The summed E-state index contributed by atoms with van der Waals surface area (Å²) in [6.45, 7) is 2.35. The van der Waals surface area contributed by atoms with Crippen LogP contribution >= 0.6 is 22.9 Å². The Kier molecular flexibility index (Phi) is 7.26. The monoisotopic (exact) mass is 522 g/mol. The van der Waals surface area contributed by atoms with Crippen LogP contribution in [-0.2, 0) is 6.54 Å². The molecule has 0 saturated heterocycles. The minimum absolute atomic E-state index is 0.0916. The maximum Gasteiger partial charge on any atom is 0.266 e. The predicted octanol–water partition coefficient (Wildman–Crippen LogP) is 8.05. The molecular formula is C29H28ClFN2O2S. The van der Waals surface area contributed by atoms with Gasteiger partial charge in [0.25, 0.3) is 5.91 Å². The van der Waals surface area contributed by atoms with Gasteiger partial charge in [-0.15, -0.1) is 11.3 Å². The molecule has 0 spiro atoms. The van der Waals surface area contributed by atoms with Crippen LogP contribution in [0.2, 0.25) is 5.02 Å². The second-order valence-corrected chi connectivity index (χ2v) is 10.7. The first-order chi connectivity index (χ1) is 17.5. The smallest absolute Gasteiger partial charge is 0.266 e. The molecule has 2 aromatic heterocycles.